The molecule has 0 atom stereocenters. The maximum absolute atomic E-state index is 11.6. The molecule has 0 fully saturated rings. The summed E-state index contributed by atoms with van der Waals surface area (Å²) in [5, 5.41) is -0.0225. The number of hydrogen-bond acceptors (Lipinski definition) is 5. The molecule has 2 rings (SSSR count). The summed E-state index contributed by atoms with van der Waals surface area (Å²) < 4.78 is 5.92. The first-order valence-corrected chi connectivity index (χ1v) is 7.06. The van der Waals surface area contributed by atoms with Crippen LogP contribution in [0, 0.1) is 0 Å². The zero-order valence-electron chi connectivity index (χ0n) is 9.54. The van der Waals surface area contributed by atoms with E-state index in [1.807, 2.05) is 12.1 Å². The second kappa shape index (κ2) is 6.47. The Morgan fingerprint density at radius 1 is 1.56 bits per heavy atom. The van der Waals surface area contributed by atoms with Crippen molar-refractivity contribution < 1.29 is 9.21 Å². The van der Waals surface area contributed by atoms with E-state index in [0.717, 1.165) is 27.7 Å². The average Bonchev–Trinajstić information content (AvgIpc) is 2.98. The van der Waals surface area contributed by atoms with E-state index in [1.165, 1.54) is 11.8 Å². The molecule has 2 heterocycles. The molecule has 92 valence electrons. The summed E-state index contributed by atoms with van der Waals surface area (Å²) in [6.45, 7) is 3.63. The monoisotopic (exact) mass is 277 g/mol. The van der Waals surface area contributed by atoms with Gasteiger partial charge in [-0.3, -0.25) is 4.79 Å². The number of aliphatic imine (C=N–C) groups is 1. The first-order chi connectivity index (χ1) is 8.79. The van der Waals surface area contributed by atoms with E-state index in [1.54, 1.807) is 30.6 Å². The minimum atomic E-state index is -0.0225. The number of hydrogen-bond donors (Lipinski definition) is 0. The highest BCUT2D eigenvalue weighted by Gasteiger charge is 2.21. The van der Waals surface area contributed by atoms with Gasteiger partial charge in [0.2, 0.25) is 5.12 Å². The lowest BCUT2D eigenvalue weighted by Gasteiger charge is -1.90. The van der Waals surface area contributed by atoms with Crippen molar-refractivity contribution in [3.8, 4) is 0 Å². The summed E-state index contributed by atoms with van der Waals surface area (Å²) in [5.74, 6) is 1.50. The average molecular weight is 277 g/mol. The fourth-order valence-corrected chi connectivity index (χ4v) is 2.83. The van der Waals surface area contributed by atoms with Crippen molar-refractivity contribution in [1.82, 2.24) is 0 Å². The highest BCUT2D eigenvalue weighted by molar-refractivity contribution is 8.45. The molecule has 0 bridgehead atoms. The fourth-order valence-electron chi connectivity index (χ4n) is 1.22. The lowest BCUT2D eigenvalue weighted by molar-refractivity contribution is -0.107. The van der Waals surface area contributed by atoms with Crippen LogP contribution in [0.5, 0.6) is 0 Å². The molecule has 18 heavy (non-hydrogen) atoms. The van der Waals surface area contributed by atoms with Crippen molar-refractivity contribution in [2.75, 3.05) is 5.75 Å². The first kappa shape index (κ1) is 13.0. The van der Waals surface area contributed by atoms with Crippen LogP contribution in [0.3, 0.4) is 0 Å². The number of carbonyl (C=O) groups is 1. The maximum atomic E-state index is 11.6. The van der Waals surface area contributed by atoms with Gasteiger partial charge in [0.05, 0.1) is 6.26 Å². The first-order valence-electron chi connectivity index (χ1n) is 5.26. The van der Waals surface area contributed by atoms with Gasteiger partial charge in [-0.05, 0) is 36.0 Å². The third kappa shape index (κ3) is 3.51. The third-order valence-electron chi connectivity index (χ3n) is 1.98. The summed E-state index contributed by atoms with van der Waals surface area (Å²) in [4.78, 5) is 15.9. The summed E-state index contributed by atoms with van der Waals surface area (Å²) >= 11 is 2.68. The molecule has 0 aromatic carbocycles. The van der Waals surface area contributed by atoms with Crippen LogP contribution in [0.2, 0.25) is 0 Å². The Morgan fingerprint density at radius 2 is 2.44 bits per heavy atom. The van der Waals surface area contributed by atoms with Gasteiger partial charge in [-0.1, -0.05) is 23.9 Å². The fraction of sp³-hybridized carbons (Fsp3) is 0.0769. The summed E-state index contributed by atoms with van der Waals surface area (Å²) in [6.07, 6.45) is 8.63. The number of furan rings is 1. The number of nitrogens with zero attached hydrogens (tertiary/aromatic N) is 1. The molecular weight excluding hydrogens is 266 g/mol. The molecule has 1 aromatic heterocycles. The van der Waals surface area contributed by atoms with Crippen molar-refractivity contribution in [1.29, 1.82) is 0 Å². The zero-order chi connectivity index (χ0) is 12.8. The van der Waals surface area contributed by atoms with E-state index in [2.05, 4.69) is 11.6 Å². The molecular formula is C13H11NO2S2. The van der Waals surface area contributed by atoms with E-state index < -0.39 is 0 Å². The van der Waals surface area contributed by atoms with E-state index >= 15 is 0 Å². The molecule has 1 aliphatic heterocycles. The van der Waals surface area contributed by atoms with Crippen LogP contribution in [-0.4, -0.2) is 15.2 Å². The normalized spacial score (nSPS) is 17.7. The van der Waals surface area contributed by atoms with E-state index in [4.69, 9.17) is 4.42 Å². The van der Waals surface area contributed by atoms with Gasteiger partial charge < -0.3 is 4.42 Å². The van der Waals surface area contributed by atoms with Crippen LogP contribution in [0.25, 0.3) is 6.08 Å². The molecule has 0 spiro atoms. The molecule has 0 aliphatic carbocycles. The van der Waals surface area contributed by atoms with Crippen LogP contribution in [0.4, 0.5) is 0 Å². The Balaban J connectivity index is 2.01. The van der Waals surface area contributed by atoms with Crippen molar-refractivity contribution >= 4 is 39.1 Å². The van der Waals surface area contributed by atoms with Crippen molar-refractivity contribution in [3.05, 3.63) is 54.7 Å². The number of rotatable bonds is 4. The molecule has 0 radical (unpaired) electrons. The molecule has 3 nitrogen and oxygen atoms in total. The van der Waals surface area contributed by atoms with Crippen molar-refractivity contribution in [2.45, 2.75) is 0 Å². The van der Waals surface area contributed by atoms with Gasteiger partial charge in [-0.15, -0.1) is 6.58 Å². The Labute approximate surface area is 114 Å². The maximum Gasteiger partial charge on any atom is 0.244 e. The van der Waals surface area contributed by atoms with Gasteiger partial charge in [0, 0.05) is 5.75 Å². The quantitative estimate of drug-likeness (QED) is 0.621. The number of carbonyl (C=O) groups excluding carboxylic acids is 1. The second-order valence-corrected chi connectivity index (χ2v) is 5.52. The predicted molar refractivity (Wildman–Crippen MR) is 78.5 cm³/mol. The minimum absolute atomic E-state index is 0.0225. The van der Waals surface area contributed by atoms with Gasteiger partial charge in [-0.2, -0.15) is 0 Å². The van der Waals surface area contributed by atoms with Crippen LogP contribution < -0.4 is 0 Å². The molecule has 5 heteroatoms. The van der Waals surface area contributed by atoms with E-state index in [-0.39, 0.29) is 5.12 Å². The predicted octanol–water partition coefficient (Wildman–Crippen LogP) is 3.73. The minimum Gasteiger partial charge on any atom is -0.465 e. The molecule has 0 saturated heterocycles. The standard InChI is InChI=1S/C13H11NO2S2/c1-2-9-17-13-14-11(12(15)18-13)7-3-5-10-6-4-8-16-10/h2-8H,1,9H2/b5-3-,11-7-. The molecule has 0 N–H and O–H groups in total. The number of thioether (sulfide) groups is 2. The molecule has 0 saturated carbocycles. The van der Waals surface area contributed by atoms with Crippen molar-refractivity contribution in [2.24, 2.45) is 4.99 Å². The summed E-state index contributed by atoms with van der Waals surface area (Å²) in [5.41, 5.74) is 0.467. The Hall–Kier alpha value is -1.46. The Kier molecular flexibility index (Phi) is 4.66. The van der Waals surface area contributed by atoms with Crippen LogP contribution in [-0.2, 0) is 4.79 Å². The van der Waals surface area contributed by atoms with E-state index in [0.29, 0.717) is 5.70 Å². The van der Waals surface area contributed by atoms with E-state index in [9.17, 15) is 4.79 Å². The summed E-state index contributed by atoms with van der Waals surface area (Å²) in [6, 6.07) is 3.65. The van der Waals surface area contributed by atoms with Gasteiger partial charge in [0.25, 0.3) is 0 Å². The third-order valence-corrected chi connectivity index (χ3v) is 3.99. The van der Waals surface area contributed by atoms with Crippen LogP contribution in [0.1, 0.15) is 5.76 Å². The zero-order valence-corrected chi connectivity index (χ0v) is 11.2. The molecule has 0 amide bonds. The van der Waals surface area contributed by atoms with Gasteiger partial charge in [0.15, 0.2) is 0 Å². The van der Waals surface area contributed by atoms with Gasteiger partial charge >= 0.3 is 0 Å². The highest BCUT2D eigenvalue weighted by atomic mass is 32.2. The molecule has 1 aliphatic rings. The lowest BCUT2D eigenvalue weighted by atomic mass is 10.3. The number of allylic oxidation sites excluding steroid dienone is 2. The highest BCUT2D eigenvalue weighted by Crippen LogP contribution is 2.29. The SMILES string of the molecule is C=CCSC1=N/C(=C\C=C/c2ccco2)C(=O)S1. The lowest BCUT2D eigenvalue weighted by Crippen LogP contribution is -1.86. The van der Waals surface area contributed by atoms with Crippen molar-refractivity contribution in [3.63, 3.8) is 0 Å². The van der Waals surface area contributed by atoms with Gasteiger partial charge in [-0.25, -0.2) is 4.99 Å². The largest absolute Gasteiger partial charge is 0.465 e. The van der Waals surface area contributed by atoms with Gasteiger partial charge in [0.1, 0.15) is 15.8 Å². The topological polar surface area (TPSA) is 42.6 Å². The van der Waals surface area contributed by atoms with Crippen LogP contribution >= 0.6 is 23.5 Å². The smallest absolute Gasteiger partial charge is 0.244 e. The Morgan fingerprint density at radius 3 is 3.17 bits per heavy atom. The molecule has 1 aromatic rings. The Bertz CT molecular complexity index is 527. The van der Waals surface area contributed by atoms with Crippen LogP contribution in [0.15, 0.2) is 58.3 Å². The molecule has 0 unspecified atom stereocenters. The second-order valence-electron chi connectivity index (χ2n) is 3.29. The summed E-state index contributed by atoms with van der Waals surface area (Å²) in [7, 11) is 0.